The van der Waals surface area contributed by atoms with Crippen molar-refractivity contribution in [2.75, 3.05) is 0 Å². The predicted octanol–water partition coefficient (Wildman–Crippen LogP) is 14.2. The molecule has 0 aliphatic rings. The van der Waals surface area contributed by atoms with Gasteiger partial charge in [-0.3, -0.25) is 9.59 Å². The maximum Gasteiger partial charge on any atom is 0.306 e. The van der Waals surface area contributed by atoms with Crippen molar-refractivity contribution in [3.05, 3.63) is 12.2 Å². The number of unbranched alkanes of at least 4 members (excludes halogenated alkanes) is 27. The topological polar surface area (TPSA) is 63.6 Å². The summed E-state index contributed by atoms with van der Waals surface area (Å²) < 4.78 is 5.84. The summed E-state index contributed by atoms with van der Waals surface area (Å²) in [5.41, 5.74) is 0. The van der Waals surface area contributed by atoms with Gasteiger partial charge in [0.15, 0.2) is 0 Å². The zero-order valence-electron chi connectivity index (χ0n) is 31.2. The lowest BCUT2D eigenvalue weighted by Crippen LogP contribution is -2.18. The Kier molecular flexibility index (Phi) is 37.0. The molecule has 272 valence electrons. The summed E-state index contributed by atoms with van der Waals surface area (Å²) in [5.74, 6) is -0.856. The number of carboxylic acids is 1. The van der Waals surface area contributed by atoms with Gasteiger partial charge in [0.2, 0.25) is 0 Å². The predicted molar refractivity (Wildman–Crippen MR) is 200 cm³/mol. The molecule has 0 aliphatic heterocycles. The molecule has 4 nitrogen and oxygen atoms in total. The molecule has 0 aromatic heterocycles. The lowest BCUT2D eigenvalue weighted by atomic mass is 10.0. The first-order valence-corrected chi connectivity index (χ1v) is 20.7. The van der Waals surface area contributed by atoms with Crippen molar-refractivity contribution in [1.29, 1.82) is 0 Å². The Bertz CT molecular complexity index is 658. The molecule has 0 fully saturated rings. The highest BCUT2D eigenvalue weighted by Crippen LogP contribution is 2.18. The normalized spacial score (nSPS) is 12.2. The molecule has 1 unspecified atom stereocenters. The Labute approximate surface area is 287 Å². The lowest BCUT2D eigenvalue weighted by Gasteiger charge is -2.18. The highest BCUT2D eigenvalue weighted by molar-refractivity contribution is 5.69. The summed E-state index contributed by atoms with van der Waals surface area (Å²) in [6.45, 7) is 4.55. The molecule has 0 aromatic rings. The van der Waals surface area contributed by atoms with Crippen LogP contribution < -0.4 is 0 Å². The van der Waals surface area contributed by atoms with Gasteiger partial charge in [-0.2, -0.15) is 0 Å². The molecule has 0 spiro atoms. The summed E-state index contributed by atoms with van der Waals surface area (Å²) in [7, 11) is 0. The maximum atomic E-state index is 12.5. The zero-order valence-corrected chi connectivity index (χ0v) is 31.2. The molecule has 0 aliphatic carbocycles. The van der Waals surface area contributed by atoms with E-state index in [0.29, 0.717) is 19.3 Å². The Hall–Kier alpha value is -1.32. The molecule has 0 rings (SSSR count). The summed E-state index contributed by atoms with van der Waals surface area (Å²) in [6, 6.07) is 0. The van der Waals surface area contributed by atoms with Crippen LogP contribution in [0.5, 0.6) is 0 Å². The molecule has 0 saturated carbocycles. The molecule has 46 heavy (non-hydrogen) atoms. The van der Waals surface area contributed by atoms with Crippen LogP contribution in [0.2, 0.25) is 0 Å². The van der Waals surface area contributed by atoms with Gasteiger partial charge in [-0.05, 0) is 57.8 Å². The lowest BCUT2D eigenvalue weighted by molar-refractivity contribution is -0.150. The van der Waals surface area contributed by atoms with E-state index in [-0.39, 0.29) is 18.5 Å². The summed E-state index contributed by atoms with van der Waals surface area (Å²) in [4.78, 5) is 23.5. The van der Waals surface area contributed by atoms with Crippen LogP contribution >= 0.6 is 0 Å². The van der Waals surface area contributed by atoms with E-state index in [2.05, 4.69) is 26.0 Å². The van der Waals surface area contributed by atoms with Crippen molar-refractivity contribution in [3.63, 3.8) is 0 Å². The van der Waals surface area contributed by atoms with Gasteiger partial charge in [0.05, 0.1) is 0 Å². The molecule has 4 heteroatoms. The van der Waals surface area contributed by atoms with Crippen LogP contribution in [0.3, 0.4) is 0 Å². The minimum absolute atomic E-state index is 0.0889. The fraction of sp³-hybridized carbons (Fsp3) is 0.905. The number of carboxylic acid groups (broad SMARTS) is 1. The second-order valence-electron chi connectivity index (χ2n) is 14.2. The average Bonchev–Trinajstić information content (AvgIpc) is 3.04. The van der Waals surface area contributed by atoms with Crippen molar-refractivity contribution in [2.45, 2.75) is 245 Å². The van der Waals surface area contributed by atoms with Gasteiger partial charge in [0.1, 0.15) is 6.10 Å². The van der Waals surface area contributed by atoms with E-state index in [9.17, 15) is 9.59 Å². The number of rotatable bonds is 38. The van der Waals surface area contributed by atoms with E-state index in [4.69, 9.17) is 9.84 Å². The molecule has 1 atom stereocenters. The Morgan fingerprint density at radius 3 is 1.22 bits per heavy atom. The summed E-state index contributed by atoms with van der Waals surface area (Å²) in [5, 5.41) is 9.03. The smallest absolute Gasteiger partial charge is 0.306 e. The number of carbonyl (C=O) groups is 2. The van der Waals surface area contributed by atoms with E-state index in [1.165, 1.54) is 173 Å². The van der Waals surface area contributed by atoms with Crippen molar-refractivity contribution in [3.8, 4) is 0 Å². The first-order chi connectivity index (χ1) is 22.6. The number of ether oxygens (including phenoxy) is 1. The molecular formula is C42H80O4. The van der Waals surface area contributed by atoms with Gasteiger partial charge in [-0.1, -0.05) is 180 Å². The first kappa shape index (κ1) is 44.7. The van der Waals surface area contributed by atoms with E-state index in [0.717, 1.165) is 25.7 Å². The Morgan fingerprint density at radius 2 is 0.804 bits per heavy atom. The fourth-order valence-electron chi connectivity index (χ4n) is 6.42. The monoisotopic (exact) mass is 649 g/mol. The first-order valence-electron chi connectivity index (χ1n) is 20.7. The van der Waals surface area contributed by atoms with E-state index in [1.54, 1.807) is 0 Å². The molecule has 0 saturated heterocycles. The molecule has 0 amide bonds. The van der Waals surface area contributed by atoms with E-state index >= 15 is 0 Å². The largest absolute Gasteiger partial charge is 0.481 e. The third-order valence-electron chi connectivity index (χ3n) is 9.49. The number of allylic oxidation sites excluding steroid dienone is 2. The standard InChI is InChI=1S/C42H80O4/c1-3-5-7-9-11-13-15-17-19-20-22-24-26-28-30-32-34-39-42(45)46-40(37-35-38-41(43)44)36-33-31-29-27-25-23-21-18-16-14-12-10-8-6-4-2/h17,19,40H,3-16,18,20-39H2,1-2H3,(H,43,44)/b19-17-. The van der Waals surface area contributed by atoms with Crippen molar-refractivity contribution < 1.29 is 19.4 Å². The number of hydrogen-bond acceptors (Lipinski definition) is 3. The Morgan fingerprint density at radius 1 is 0.457 bits per heavy atom. The number of esters is 1. The highest BCUT2D eigenvalue weighted by atomic mass is 16.5. The molecule has 0 radical (unpaired) electrons. The second-order valence-corrected chi connectivity index (χ2v) is 14.2. The van der Waals surface area contributed by atoms with Crippen LogP contribution in [0.1, 0.15) is 239 Å². The van der Waals surface area contributed by atoms with Crippen molar-refractivity contribution in [2.24, 2.45) is 0 Å². The minimum Gasteiger partial charge on any atom is -0.481 e. The SMILES string of the molecule is CCCCCCCC/C=C\CCCCCCCCCC(=O)OC(CCCCCCCCCCCCCCCCC)CCCC(=O)O. The third kappa shape index (κ3) is 37.1. The van der Waals surface area contributed by atoms with E-state index < -0.39 is 5.97 Å². The van der Waals surface area contributed by atoms with Crippen LogP contribution in [-0.4, -0.2) is 23.1 Å². The van der Waals surface area contributed by atoms with Gasteiger partial charge in [0, 0.05) is 12.8 Å². The molecular weight excluding hydrogens is 568 g/mol. The highest BCUT2D eigenvalue weighted by Gasteiger charge is 2.15. The van der Waals surface area contributed by atoms with Gasteiger partial charge in [-0.25, -0.2) is 0 Å². The summed E-state index contributed by atoms with van der Waals surface area (Å²) >= 11 is 0. The average molecular weight is 649 g/mol. The Balaban J connectivity index is 3.77. The molecule has 0 heterocycles. The fourth-order valence-corrected chi connectivity index (χ4v) is 6.42. The van der Waals surface area contributed by atoms with Crippen LogP contribution in [0.25, 0.3) is 0 Å². The van der Waals surface area contributed by atoms with Crippen molar-refractivity contribution in [1.82, 2.24) is 0 Å². The number of carbonyl (C=O) groups excluding carboxylic acids is 1. The van der Waals surface area contributed by atoms with Crippen molar-refractivity contribution >= 4 is 11.9 Å². The van der Waals surface area contributed by atoms with E-state index in [1.807, 2.05) is 0 Å². The maximum absolute atomic E-state index is 12.5. The quantitative estimate of drug-likeness (QED) is 0.0411. The second kappa shape index (κ2) is 38.1. The number of hydrogen-bond donors (Lipinski definition) is 1. The van der Waals surface area contributed by atoms with Crippen LogP contribution in [0.4, 0.5) is 0 Å². The van der Waals surface area contributed by atoms with Gasteiger partial charge in [0.25, 0.3) is 0 Å². The van der Waals surface area contributed by atoms with Gasteiger partial charge >= 0.3 is 11.9 Å². The molecule has 0 bridgehead atoms. The van der Waals surface area contributed by atoms with Crippen LogP contribution in [0, 0.1) is 0 Å². The summed E-state index contributed by atoms with van der Waals surface area (Å²) in [6.07, 6.45) is 46.6. The third-order valence-corrected chi connectivity index (χ3v) is 9.49. The number of aliphatic carboxylic acids is 1. The molecule has 1 N–H and O–H groups in total. The van der Waals surface area contributed by atoms with Crippen LogP contribution in [0.15, 0.2) is 12.2 Å². The zero-order chi connectivity index (χ0) is 33.6. The van der Waals surface area contributed by atoms with Gasteiger partial charge < -0.3 is 9.84 Å². The minimum atomic E-state index is -0.767. The van der Waals surface area contributed by atoms with Crippen LogP contribution in [-0.2, 0) is 14.3 Å². The van der Waals surface area contributed by atoms with Gasteiger partial charge in [-0.15, -0.1) is 0 Å². The molecule has 0 aromatic carbocycles.